The lowest BCUT2D eigenvalue weighted by molar-refractivity contribution is -0.147. The van der Waals surface area contributed by atoms with E-state index in [4.69, 9.17) is 0 Å². The smallest absolute Gasteiger partial charge is 0.155 e. The zero-order chi connectivity index (χ0) is 15.7. The molecule has 0 radical (unpaired) electrons. The van der Waals surface area contributed by atoms with Crippen molar-refractivity contribution in [1.82, 2.24) is 0 Å². The minimum atomic E-state index is -0.407. The number of aliphatic hydroxyl groups excluding tert-OH is 1. The van der Waals surface area contributed by atoms with Crippen molar-refractivity contribution in [3.8, 4) is 0 Å². The maximum Gasteiger partial charge on any atom is 0.155 e. The summed E-state index contributed by atoms with van der Waals surface area (Å²) in [7, 11) is 0. The number of carbonyl (C=O) groups is 2. The molecule has 0 aromatic heterocycles. The predicted molar refractivity (Wildman–Crippen MR) is 83.1 cm³/mol. The lowest BCUT2D eigenvalue weighted by Gasteiger charge is -2.58. The first-order valence-corrected chi connectivity index (χ1v) is 8.81. The first kappa shape index (κ1) is 14.6. The molecule has 0 amide bonds. The monoisotopic (exact) mass is 302 g/mol. The second kappa shape index (κ2) is 4.53. The molecule has 3 nitrogen and oxygen atoms in total. The Labute approximate surface area is 132 Å². The summed E-state index contributed by atoms with van der Waals surface area (Å²) in [5.74, 6) is 1.71. The fraction of sp³-hybridized carbons (Fsp3) is 0.789. The summed E-state index contributed by atoms with van der Waals surface area (Å²) in [6.07, 6.45) is 7.24. The Morgan fingerprint density at radius 2 is 1.86 bits per heavy atom. The van der Waals surface area contributed by atoms with Crippen LogP contribution in [0.5, 0.6) is 0 Å². The van der Waals surface area contributed by atoms with Gasteiger partial charge in [-0.2, -0.15) is 0 Å². The van der Waals surface area contributed by atoms with Crippen LogP contribution in [0.4, 0.5) is 0 Å². The van der Waals surface area contributed by atoms with Crippen LogP contribution in [0.1, 0.15) is 58.8 Å². The van der Waals surface area contributed by atoms with Gasteiger partial charge in [0, 0.05) is 18.3 Å². The highest BCUT2D eigenvalue weighted by Gasteiger charge is 2.61. The average molecular weight is 302 g/mol. The Morgan fingerprint density at radius 3 is 2.64 bits per heavy atom. The summed E-state index contributed by atoms with van der Waals surface area (Å²) < 4.78 is 0. The molecule has 0 spiro atoms. The van der Waals surface area contributed by atoms with Gasteiger partial charge in [-0.1, -0.05) is 19.4 Å². The van der Waals surface area contributed by atoms with E-state index in [1.807, 2.05) is 6.08 Å². The van der Waals surface area contributed by atoms with Gasteiger partial charge in [0.25, 0.3) is 0 Å². The molecule has 0 saturated heterocycles. The van der Waals surface area contributed by atoms with Gasteiger partial charge >= 0.3 is 0 Å². The summed E-state index contributed by atoms with van der Waals surface area (Å²) in [4.78, 5) is 24.2. The van der Waals surface area contributed by atoms with Crippen LogP contribution in [0.25, 0.3) is 0 Å². The van der Waals surface area contributed by atoms with Gasteiger partial charge in [0.2, 0.25) is 0 Å². The third kappa shape index (κ3) is 1.72. The average Bonchev–Trinajstić information content (AvgIpc) is 2.75. The van der Waals surface area contributed by atoms with Gasteiger partial charge in [0.05, 0.1) is 6.10 Å². The molecule has 3 fully saturated rings. The Balaban J connectivity index is 1.75. The SMILES string of the molecule is C[C@@]12CCC(=O)C=C1CC[C@H]1[C@H]2[C@H](O)C[C@]2(C)C(=O)CC[C@H]12. The number of rotatable bonds is 0. The van der Waals surface area contributed by atoms with Crippen LogP contribution >= 0.6 is 0 Å². The lowest BCUT2D eigenvalue weighted by atomic mass is 9.46. The third-order valence-corrected chi connectivity index (χ3v) is 7.61. The first-order valence-electron chi connectivity index (χ1n) is 8.81. The molecular weight excluding hydrogens is 276 g/mol. The van der Waals surface area contributed by atoms with Crippen molar-refractivity contribution in [2.45, 2.75) is 64.9 Å². The summed E-state index contributed by atoms with van der Waals surface area (Å²) in [5.41, 5.74) is 0.920. The highest BCUT2D eigenvalue weighted by atomic mass is 16.3. The largest absolute Gasteiger partial charge is 0.393 e. The number of ketones is 2. The molecule has 1 N–H and O–H groups in total. The molecule has 4 aliphatic rings. The normalized spacial score (nSPS) is 51.0. The van der Waals surface area contributed by atoms with Gasteiger partial charge in [-0.25, -0.2) is 0 Å². The Bertz CT molecular complexity index is 577. The van der Waals surface area contributed by atoms with Crippen molar-refractivity contribution in [2.75, 3.05) is 0 Å². The van der Waals surface area contributed by atoms with E-state index in [1.54, 1.807) is 0 Å². The molecule has 0 aromatic carbocycles. The number of aliphatic hydroxyl groups is 1. The zero-order valence-corrected chi connectivity index (χ0v) is 13.6. The predicted octanol–water partition coefficient (Wildman–Crippen LogP) is 3.06. The van der Waals surface area contributed by atoms with Crippen LogP contribution in [0.15, 0.2) is 11.6 Å². The molecule has 3 heteroatoms. The van der Waals surface area contributed by atoms with Gasteiger partial charge < -0.3 is 5.11 Å². The summed E-state index contributed by atoms with van der Waals surface area (Å²) in [5, 5.41) is 10.9. The molecule has 0 bridgehead atoms. The summed E-state index contributed by atoms with van der Waals surface area (Å²) in [6.45, 7) is 4.34. The van der Waals surface area contributed by atoms with Gasteiger partial charge in [-0.15, -0.1) is 0 Å². The topological polar surface area (TPSA) is 54.4 Å². The van der Waals surface area contributed by atoms with Crippen molar-refractivity contribution in [2.24, 2.45) is 28.6 Å². The van der Waals surface area contributed by atoms with Crippen molar-refractivity contribution in [1.29, 1.82) is 0 Å². The Hall–Kier alpha value is -0.960. The molecule has 120 valence electrons. The fourth-order valence-electron chi connectivity index (χ4n) is 6.46. The number of fused-ring (bicyclic) bond motifs is 5. The van der Waals surface area contributed by atoms with Crippen LogP contribution in [0.3, 0.4) is 0 Å². The van der Waals surface area contributed by atoms with Crippen molar-refractivity contribution >= 4 is 11.6 Å². The number of carbonyl (C=O) groups excluding carboxylic acids is 2. The van der Waals surface area contributed by atoms with E-state index in [2.05, 4.69) is 13.8 Å². The van der Waals surface area contributed by atoms with E-state index in [0.717, 1.165) is 25.7 Å². The fourth-order valence-corrected chi connectivity index (χ4v) is 6.46. The first-order chi connectivity index (χ1) is 10.4. The molecule has 3 saturated carbocycles. The molecular formula is C19H26O3. The molecule has 4 aliphatic carbocycles. The van der Waals surface area contributed by atoms with E-state index in [0.29, 0.717) is 36.9 Å². The quantitative estimate of drug-likeness (QED) is 0.748. The van der Waals surface area contributed by atoms with Crippen molar-refractivity contribution in [3.63, 3.8) is 0 Å². The highest BCUT2D eigenvalue weighted by Crippen LogP contribution is 2.64. The van der Waals surface area contributed by atoms with Crippen LogP contribution < -0.4 is 0 Å². The van der Waals surface area contributed by atoms with Crippen LogP contribution in [-0.4, -0.2) is 22.8 Å². The number of Topliss-reactive ketones (excluding diaryl/α,β-unsaturated/α-hetero) is 1. The minimum Gasteiger partial charge on any atom is -0.393 e. The second-order valence-corrected chi connectivity index (χ2v) is 8.54. The van der Waals surface area contributed by atoms with E-state index < -0.39 is 6.10 Å². The molecule has 6 atom stereocenters. The Kier molecular flexibility index (Phi) is 3.01. The molecule has 22 heavy (non-hydrogen) atoms. The molecule has 0 heterocycles. The lowest BCUT2D eigenvalue weighted by Crippen LogP contribution is -2.56. The summed E-state index contributed by atoms with van der Waals surface area (Å²) >= 11 is 0. The number of hydrogen-bond donors (Lipinski definition) is 1. The molecule has 0 aromatic rings. The standard InChI is InChI=1S/C19H26O3/c1-18-8-7-12(20)9-11(18)3-4-13-14-5-6-16(22)19(14,2)10-15(21)17(13)18/h9,13-15,17,21H,3-8,10H2,1-2H3/t13-,14-,15-,17+,18-,19+/m1/s1. The number of hydrogen-bond acceptors (Lipinski definition) is 3. The maximum absolute atomic E-state index is 12.4. The van der Waals surface area contributed by atoms with E-state index in [1.165, 1.54) is 5.57 Å². The van der Waals surface area contributed by atoms with Crippen LogP contribution in [0.2, 0.25) is 0 Å². The molecule has 4 rings (SSSR count). The molecule has 0 unspecified atom stereocenters. The zero-order valence-electron chi connectivity index (χ0n) is 13.6. The minimum absolute atomic E-state index is 0.0385. The van der Waals surface area contributed by atoms with Crippen LogP contribution in [0, 0.1) is 28.6 Å². The second-order valence-electron chi connectivity index (χ2n) is 8.54. The van der Waals surface area contributed by atoms with Crippen molar-refractivity contribution < 1.29 is 14.7 Å². The van der Waals surface area contributed by atoms with Gasteiger partial charge in [0.1, 0.15) is 5.78 Å². The highest BCUT2D eigenvalue weighted by molar-refractivity contribution is 5.91. The maximum atomic E-state index is 12.4. The number of allylic oxidation sites excluding steroid dienone is 1. The van der Waals surface area contributed by atoms with E-state index in [-0.39, 0.29) is 22.5 Å². The Morgan fingerprint density at radius 1 is 1.09 bits per heavy atom. The van der Waals surface area contributed by atoms with Crippen molar-refractivity contribution in [3.05, 3.63) is 11.6 Å². The van der Waals surface area contributed by atoms with Crippen LogP contribution in [-0.2, 0) is 9.59 Å². The van der Waals surface area contributed by atoms with E-state index in [9.17, 15) is 14.7 Å². The third-order valence-electron chi connectivity index (χ3n) is 7.61. The van der Waals surface area contributed by atoms with E-state index >= 15 is 0 Å². The van der Waals surface area contributed by atoms with Gasteiger partial charge in [-0.3, -0.25) is 9.59 Å². The van der Waals surface area contributed by atoms with Gasteiger partial charge in [-0.05, 0) is 61.3 Å². The summed E-state index contributed by atoms with van der Waals surface area (Å²) in [6, 6.07) is 0. The van der Waals surface area contributed by atoms with Gasteiger partial charge in [0.15, 0.2) is 5.78 Å². The molecule has 0 aliphatic heterocycles.